The number of hydrogen-bond donors (Lipinski definition) is 1. The minimum absolute atomic E-state index is 0.458. The number of thiocarbonyl (C=S) groups is 1. The van der Waals surface area contributed by atoms with Crippen molar-refractivity contribution >= 4 is 23.0 Å². The lowest BCUT2D eigenvalue weighted by Gasteiger charge is -2.26. The number of furan rings is 1. The summed E-state index contributed by atoms with van der Waals surface area (Å²) in [6.45, 7) is 0.931. The molecule has 0 aliphatic heterocycles. The SMILES string of the molecule is COc1cccc(NC(=S)N(Cc2ccco2)Cc2ccc(OC)c(OC)c2OC)c1. The van der Waals surface area contributed by atoms with Crippen LogP contribution >= 0.6 is 12.2 Å². The van der Waals surface area contributed by atoms with E-state index < -0.39 is 0 Å². The Labute approximate surface area is 187 Å². The molecule has 0 amide bonds. The highest BCUT2D eigenvalue weighted by molar-refractivity contribution is 7.80. The van der Waals surface area contributed by atoms with E-state index in [4.69, 9.17) is 35.6 Å². The zero-order valence-electron chi connectivity index (χ0n) is 18.0. The molecule has 0 aliphatic rings. The van der Waals surface area contributed by atoms with E-state index in [0.29, 0.717) is 35.5 Å². The number of anilines is 1. The maximum Gasteiger partial charge on any atom is 0.203 e. The van der Waals surface area contributed by atoms with E-state index in [1.165, 1.54) is 0 Å². The second-order valence-corrected chi connectivity index (χ2v) is 6.98. The summed E-state index contributed by atoms with van der Waals surface area (Å²) in [7, 11) is 6.40. The van der Waals surface area contributed by atoms with E-state index in [-0.39, 0.29) is 0 Å². The number of hydrogen-bond acceptors (Lipinski definition) is 6. The normalized spacial score (nSPS) is 10.3. The van der Waals surface area contributed by atoms with Crippen LogP contribution < -0.4 is 24.3 Å². The fourth-order valence-electron chi connectivity index (χ4n) is 3.19. The summed E-state index contributed by atoms with van der Waals surface area (Å²) in [6, 6.07) is 15.1. The summed E-state index contributed by atoms with van der Waals surface area (Å²) in [5.74, 6) is 3.25. The second kappa shape index (κ2) is 10.6. The minimum atomic E-state index is 0.458. The number of methoxy groups -OCH3 is 4. The standard InChI is InChI=1S/C23H26N2O5S/c1-26-18-8-5-7-17(13-18)24-23(31)25(15-19-9-6-12-30-19)14-16-10-11-20(27-2)22(29-4)21(16)28-3/h5-13H,14-15H2,1-4H3,(H,24,31). The first kappa shape index (κ1) is 22.3. The van der Waals surface area contributed by atoms with Gasteiger partial charge in [-0.3, -0.25) is 0 Å². The minimum Gasteiger partial charge on any atom is -0.497 e. The highest BCUT2D eigenvalue weighted by Crippen LogP contribution is 2.40. The van der Waals surface area contributed by atoms with Crippen LogP contribution in [0.5, 0.6) is 23.0 Å². The fraction of sp³-hybridized carbons (Fsp3) is 0.261. The quantitative estimate of drug-likeness (QED) is 0.478. The Hall–Kier alpha value is -3.39. The molecular formula is C23H26N2O5S. The Bertz CT molecular complexity index is 1010. The summed E-state index contributed by atoms with van der Waals surface area (Å²) >= 11 is 5.73. The van der Waals surface area contributed by atoms with Crippen LogP contribution in [0.4, 0.5) is 5.69 Å². The molecule has 7 nitrogen and oxygen atoms in total. The summed E-state index contributed by atoms with van der Waals surface area (Å²) in [5.41, 5.74) is 1.72. The van der Waals surface area contributed by atoms with Gasteiger partial charge in [-0.15, -0.1) is 0 Å². The second-order valence-electron chi connectivity index (χ2n) is 6.59. The Morgan fingerprint density at radius 3 is 2.35 bits per heavy atom. The van der Waals surface area contributed by atoms with Gasteiger partial charge in [-0.2, -0.15) is 0 Å². The van der Waals surface area contributed by atoms with Crippen LogP contribution in [0.1, 0.15) is 11.3 Å². The zero-order chi connectivity index (χ0) is 22.2. The maximum atomic E-state index is 5.73. The zero-order valence-corrected chi connectivity index (χ0v) is 18.8. The van der Waals surface area contributed by atoms with Gasteiger partial charge in [0.15, 0.2) is 16.6 Å². The van der Waals surface area contributed by atoms with Crippen LogP contribution in [0.15, 0.2) is 59.2 Å². The van der Waals surface area contributed by atoms with Gasteiger partial charge in [0.25, 0.3) is 0 Å². The van der Waals surface area contributed by atoms with Gasteiger partial charge in [0, 0.05) is 23.9 Å². The molecular weight excluding hydrogens is 416 g/mol. The van der Waals surface area contributed by atoms with E-state index in [1.807, 2.05) is 53.4 Å². The van der Waals surface area contributed by atoms with Crippen molar-refractivity contribution in [3.63, 3.8) is 0 Å². The number of nitrogens with zero attached hydrogens (tertiary/aromatic N) is 1. The summed E-state index contributed by atoms with van der Waals surface area (Å²) < 4.78 is 27.4. The first-order valence-corrected chi connectivity index (χ1v) is 10.0. The molecule has 0 saturated carbocycles. The topological polar surface area (TPSA) is 65.3 Å². The molecule has 0 saturated heterocycles. The van der Waals surface area contributed by atoms with Crippen LogP contribution in [0.3, 0.4) is 0 Å². The third-order valence-corrected chi connectivity index (χ3v) is 5.04. The third-order valence-electron chi connectivity index (χ3n) is 4.68. The number of ether oxygens (including phenoxy) is 4. The largest absolute Gasteiger partial charge is 0.497 e. The first-order chi connectivity index (χ1) is 15.1. The molecule has 1 N–H and O–H groups in total. The maximum absolute atomic E-state index is 5.73. The van der Waals surface area contributed by atoms with Crippen molar-refractivity contribution in [1.29, 1.82) is 0 Å². The Morgan fingerprint density at radius 1 is 0.903 bits per heavy atom. The summed E-state index contributed by atoms with van der Waals surface area (Å²) in [6.07, 6.45) is 1.64. The lowest BCUT2D eigenvalue weighted by atomic mass is 10.1. The molecule has 164 valence electrons. The van der Waals surface area contributed by atoms with Gasteiger partial charge in [0.1, 0.15) is 11.5 Å². The van der Waals surface area contributed by atoms with Gasteiger partial charge in [0.05, 0.1) is 41.2 Å². The molecule has 8 heteroatoms. The molecule has 0 bridgehead atoms. The van der Waals surface area contributed by atoms with Gasteiger partial charge in [0.2, 0.25) is 5.75 Å². The molecule has 0 spiro atoms. The van der Waals surface area contributed by atoms with Gasteiger partial charge >= 0.3 is 0 Å². The average molecular weight is 443 g/mol. The van der Waals surface area contributed by atoms with Crippen LogP contribution in [0, 0.1) is 0 Å². The van der Waals surface area contributed by atoms with Crippen molar-refractivity contribution in [1.82, 2.24) is 4.90 Å². The fourth-order valence-corrected chi connectivity index (χ4v) is 3.43. The van der Waals surface area contributed by atoms with Crippen LogP contribution in [0.2, 0.25) is 0 Å². The van der Waals surface area contributed by atoms with E-state index in [2.05, 4.69) is 5.32 Å². The van der Waals surface area contributed by atoms with Crippen molar-refractivity contribution in [2.75, 3.05) is 33.8 Å². The molecule has 1 heterocycles. The Kier molecular flexibility index (Phi) is 7.61. The van der Waals surface area contributed by atoms with Crippen LogP contribution in [-0.2, 0) is 13.1 Å². The summed E-state index contributed by atoms with van der Waals surface area (Å²) in [4.78, 5) is 1.98. The van der Waals surface area contributed by atoms with Crippen molar-refractivity contribution < 1.29 is 23.4 Å². The number of nitrogens with one attached hydrogen (secondary N) is 1. The van der Waals surface area contributed by atoms with E-state index in [1.54, 1.807) is 34.7 Å². The van der Waals surface area contributed by atoms with Crippen molar-refractivity contribution in [2.45, 2.75) is 13.1 Å². The molecule has 1 aromatic heterocycles. The molecule has 2 aromatic carbocycles. The molecule has 0 atom stereocenters. The van der Waals surface area contributed by atoms with Crippen LogP contribution in [-0.4, -0.2) is 38.5 Å². The average Bonchev–Trinajstić information content (AvgIpc) is 3.31. The smallest absolute Gasteiger partial charge is 0.203 e. The lowest BCUT2D eigenvalue weighted by molar-refractivity contribution is 0.313. The monoisotopic (exact) mass is 442 g/mol. The van der Waals surface area contributed by atoms with Crippen molar-refractivity contribution in [3.8, 4) is 23.0 Å². The van der Waals surface area contributed by atoms with Gasteiger partial charge in [-0.05, 0) is 48.6 Å². The number of benzene rings is 2. The Balaban J connectivity index is 1.89. The van der Waals surface area contributed by atoms with Crippen molar-refractivity contribution in [3.05, 3.63) is 66.1 Å². The molecule has 0 radical (unpaired) electrons. The summed E-state index contributed by atoms with van der Waals surface area (Å²) in [5, 5.41) is 3.81. The molecule has 0 unspecified atom stereocenters. The highest BCUT2D eigenvalue weighted by atomic mass is 32.1. The third kappa shape index (κ3) is 5.40. The predicted molar refractivity (Wildman–Crippen MR) is 123 cm³/mol. The molecule has 31 heavy (non-hydrogen) atoms. The van der Waals surface area contributed by atoms with Gasteiger partial charge in [-0.25, -0.2) is 0 Å². The Morgan fingerprint density at radius 2 is 1.71 bits per heavy atom. The van der Waals surface area contributed by atoms with Gasteiger partial charge in [-0.1, -0.05) is 6.07 Å². The molecule has 0 aliphatic carbocycles. The van der Waals surface area contributed by atoms with E-state index in [9.17, 15) is 0 Å². The highest BCUT2D eigenvalue weighted by Gasteiger charge is 2.20. The van der Waals surface area contributed by atoms with Crippen LogP contribution in [0.25, 0.3) is 0 Å². The molecule has 3 rings (SSSR count). The first-order valence-electron chi connectivity index (χ1n) is 9.59. The lowest BCUT2D eigenvalue weighted by Crippen LogP contribution is -2.33. The molecule has 3 aromatic rings. The van der Waals surface area contributed by atoms with Crippen molar-refractivity contribution in [2.24, 2.45) is 0 Å². The number of rotatable bonds is 9. The van der Waals surface area contributed by atoms with E-state index >= 15 is 0 Å². The predicted octanol–water partition coefficient (Wildman–Crippen LogP) is 4.71. The van der Waals surface area contributed by atoms with E-state index in [0.717, 1.165) is 22.8 Å². The molecule has 0 fully saturated rings. The van der Waals surface area contributed by atoms with Gasteiger partial charge < -0.3 is 33.6 Å².